The Morgan fingerprint density at radius 1 is 1.14 bits per heavy atom. The van der Waals surface area contributed by atoms with Crippen LogP contribution >= 0.6 is 35.8 Å². The minimum absolute atomic E-state index is 0. The Bertz CT molecular complexity index is 549. The summed E-state index contributed by atoms with van der Waals surface area (Å²) >= 11 is 7.54. The number of amides is 1. The molecule has 0 aliphatic heterocycles. The van der Waals surface area contributed by atoms with Crippen molar-refractivity contribution in [2.75, 3.05) is 12.3 Å². The zero-order valence-electron chi connectivity index (χ0n) is 11.3. The topological polar surface area (TPSA) is 42.0 Å². The lowest BCUT2D eigenvalue weighted by atomic mass is 10.2. The van der Waals surface area contributed by atoms with Crippen LogP contribution in [0.15, 0.2) is 53.7 Å². The molecule has 0 spiro atoms. The van der Waals surface area contributed by atoms with Gasteiger partial charge in [0.1, 0.15) is 0 Å². The molecule has 1 aromatic carbocycles. The first kappa shape index (κ1) is 17.8. The fraction of sp³-hybridized carbons (Fsp3) is 0.200. The Labute approximate surface area is 139 Å². The van der Waals surface area contributed by atoms with Crippen molar-refractivity contribution >= 4 is 41.7 Å². The molecular formula is C15H16Cl2N2OS. The van der Waals surface area contributed by atoms with E-state index >= 15 is 0 Å². The largest absolute Gasteiger partial charge is 0.352 e. The molecular weight excluding hydrogens is 327 g/mol. The van der Waals surface area contributed by atoms with Crippen molar-refractivity contribution in [3.63, 3.8) is 0 Å². The third kappa shape index (κ3) is 6.38. The molecule has 3 nitrogen and oxygen atoms in total. The quantitative estimate of drug-likeness (QED) is 0.635. The molecule has 0 atom stereocenters. The van der Waals surface area contributed by atoms with Crippen LogP contribution in [0.1, 0.15) is 16.8 Å². The van der Waals surface area contributed by atoms with Crippen LogP contribution in [0.25, 0.3) is 0 Å². The number of hydrogen-bond acceptors (Lipinski definition) is 3. The molecule has 2 aromatic rings. The summed E-state index contributed by atoms with van der Waals surface area (Å²) in [6.07, 6.45) is 4.49. The molecule has 0 bridgehead atoms. The van der Waals surface area contributed by atoms with Crippen molar-refractivity contribution in [1.29, 1.82) is 0 Å². The van der Waals surface area contributed by atoms with Crippen molar-refractivity contribution in [1.82, 2.24) is 10.3 Å². The van der Waals surface area contributed by atoms with Gasteiger partial charge < -0.3 is 5.32 Å². The molecule has 0 aliphatic carbocycles. The van der Waals surface area contributed by atoms with Gasteiger partial charge in [0, 0.05) is 34.4 Å². The van der Waals surface area contributed by atoms with E-state index in [0.29, 0.717) is 17.1 Å². The number of benzene rings is 1. The van der Waals surface area contributed by atoms with E-state index in [0.717, 1.165) is 12.2 Å². The summed E-state index contributed by atoms with van der Waals surface area (Å²) in [4.78, 5) is 17.0. The van der Waals surface area contributed by atoms with E-state index in [1.165, 1.54) is 4.90 Å². The highest BCUT2D eigenvalue weighted by atomic mass is 35.5. The first-order chi connectivity index (χ1) is 9.75. The summed E-state index contributed by atoms with van der Waals surface area (Å²) in [5.41, 5.74) is 0.635. The van der Waals surface area contributed by atoms with Crippen molar-refractivity contribution in [3.8, 4) is 0 Å². The zero-order chi connectivity index (χ0) is 14.2. The predicted molar refractivity (Wildman–Crippen MR) is 90.6 cm³/mol. The van der Waals surface area contributed by atoms with Crippen LogP contribution in [-0.4, -0.2) is 23.2 Å². The number of carbonyl (C=O) groups excluding carboxylic acids is 1. The molecule has 1 aromatic heterocycles. The number of nitrogens with zero attached hydrogens (tertiary/aromatic N) is 1. The lowest BCUT2D eigenvalue weighted by Crippen LogP contribution is -2.24. The van der Waals surface area contributed by atoms with Gasteiger partial charge in [0.25, 0.3) is 5.91 Å². The van der Waals surface area contributed by atoms with Crippen LogP contribution in [0.2, 0.25) is 5.02 Å². The number of hydrogen-bond donors (Lipinski definition) is 1. The van der Waals surface area contributed by atoms with Gasteiger partial charge in [-0.1, -0.05) is 11.6 Å². The molecule has 1 heterocycles. The third-order valence-electron chi connectivity index (χ3n) is 2.63. The van der Waals surface area contributed by atoms with Crippen LogP contribution in [-0.2, 0) is 0 Å². The summed E-state index contributed by atoms with van der Waals surface area (Å²) in [6, 6.07) is 10.9. The summed E-state index contributed by atoms with van der Waals surface area (Å²) < 4.78 is 0. The normalized spacial score (nSPS) is 9.76. The Morgan fingerprint density at radius 2 is 1.81 bits per heavy atom. The predicted octanol–water partition coefficient (Wildman–Crippen LogP) is 4.07. The minimum atomic E-state index is -0.0597. The maximum atomic E-state index is 11.8. The SMILES string of the molecule is Cl.O=C(NCCCSc1ccncc1)c1ccc(Cl)cc1. The summed E-state index contributed by atoms with van der Waals surface area (Å²) in [6.45, 7) is 0.666. The van der Waals surface area contributed by atoms with Crippen molar-refractivity contribution in [3.05, 3.63) is 59.4 Å². The summed E-state index contributed by atoms with van der Waals surface area (Å²) in [5.74, 6) is 0.904. The first-order valence-electron chi connectivity index (χ1n) is 6.32. The third-order valence-corrected chi connectivity index (χ3v) is 3.98. The molecule has 112 valence electrons. The van der Waals surface area contributed by atoms with Crippen LogP contribution in [0.3, 0.4) is 0 Å². The van der Waals surface area contributed by atoms with E-state index in [2.05, 4.69) is 10.3 Å². The van der Waals surface area contributed by atoms with E-state index < -0.39 is 0 Å². The molecule has 0 saturated heterocycles. The van der Waals surface area contributed by atoms with Crippen molar-refractivity contribution in [2.24, 2.45) is 0 Å². The second-order valence-electron chi connectivity index (χ2n) is 4.15. The molecule has 0 aliphatic rings. The van der Waals surface area contributed by atoms with E-state index in [9.17, 15) is 4.79 Å². The molecule has 1 amide bonds. The lowest BCUT2D eigenvalue weighted by molar-refractivity contribution is 0.0954. The monoisotopic (exact) mass is 342 g/mol. The number of carbonyl (C=O) groups is 1. The first-order valence-corrected chi connectivity index (χ1v) is 7.68. The highest BCUT2D eigenvalue weighted by molar-refractivity contribution is 7.99. The Morgan fingerprint density at radius 3 is 2.48 bits per heavy atom. The fourth-order valence-electron chi connectivity index (χ4n) is 1.60. The van der Waals surface area contributed by atoms with Gasteiger partial charge in [-0.15, -0.1) is 24.2 Å². The maximum absolute atomic E-state index is 11.8. The molecule has 0 fully saturated rings. The van der Waals surface area contributed by atoms with Crippen LogP contribution < -0.4 is 5.32 Å². The van der Waals surface area contributed by atoms with E-state index in [-0.39, 0.29) is 18.3 Å². The standard InChI is InChI=1S/C15H15ClN2OS.ClH/c16-13-4-2-12(3-5-13)15(19)18-8-1-11-20-14-6-9-17-10-7-14;/h2-7,9-10H,1,8,11H2,(H,18,19);1H. The summed E-state index contributed by atoms with van der Waals surface area (Å²) in [5, 5.41) is 3.53. The van der Waals surface area contributed by atoms with Gasteiger partial charge in [-0.3, -0.25) is 9.78 Å². The summed E-state index contributed by atoms with van der Waals surface area (Å²) in [7, 11) is 0. The Kier molecular flexibility index (Phi) is 8.20. The number of halogens is 2. The smallest absolute Gasteiger partial charge is 0.251 e. The second-order valence-corrected chi connectivity index (χ2v) is 5.75. The van der Waals surface area contributed by atoms with Crippen LogP contribution in [0, 0.1) is 0 Å². The molecule has 21 heavy (non-hydrogen) atoms. The van der Waals surface area contributed by atoms with Gasteiger partial charge in [-0.05, 0) is 48.6 Å². The van der Waals surface area contributed by atoms with E-state index in [1.54, 1.807) is 48.4 Å². The molecule has 1 N–H and O–H groups in total. The number of rotatable bonds is 6. The number of nitrogens with one attached hydrogen (secondary N) is 1. The molecule has 0 saturated carbocycles. The van der Waals surface area contributed by atoms with Gasteiger partial charge in [-0.2, -0.15) is 0 Å². The number of pyridine rings is 1. The van der Waals surface area contributed by atoms with Gasteiger partial charge in [-0.25, -0.2) is 0 Å². The minimum Gasteiger partial charge on any atom is -0.352 e. The molecule has 0 unspecified atom stereocenters. The van der Waals surface area contributed by atoms with Crippen LogP contribution in [0.4, 0.5) is 0 Å². The number of thioether (sulfide) groups is 1. The van der Waals surface area contributed by atoms with Crippen molar-refractivity contribution < 1.29 is 4.79 Å². The molecule has 0 radical (unpaired) electrons. The van der Waals surface area contributed by atoms with Crippen LogP contribution in [0.5, 0.6) is 0 Å². The highest BCUT2D eigenvalue weighted by Gasteiger charge is 2.03. The van der Waals surface area contributed by atoms with Gasteiger partial charge in [0.15, 0.2) is 0 Å². The molecule has 6 heteroatoms. The maximum Gasteiger partial charge on any atom is 0.251 e. The Hall–Kier alpha value is -1.23. The van der Waals surface area contributed by atoms with Gasteiger partial charge >= 0.3 is 0 Å². The lowest BCUT2D eigenvalue weighted by Gasteiger charge is -2.05. The van der Waals surface area contributed by atoms with E-state index in [1.807, 2.05) is 12.1 Å². The number of aromatic nitrogens is 1. The highest BCUT2D eigenvalue weighted by Crippen LogP contribution is 2.16. The zero-order valence-corrected chi connectivity index (χ0v) is 13.7. The van der Waals surface area contributed by atoms with E-state index in [4.69, 9.17) is 11.6 Å². The molecule has 2 rings (SSSR count). The fourth-order valence-corrected chi connectivity index (χ4v) is 2.57. The Balaban J connectivity index is 0.00000220. The average molecular weight is 343 g/mol. The average Bonchev–Trinajstić information content (AvgIpc) is 2.48. The van der Waals surface area contributed by atoms with Gasteiger partial charge in [0.05, 0.1) is 0 Å². The second kappa shape index (κ2) is 9.66. The van der Waals surface area contributed by atoms with Crippen molar-refractivity contribution in [2.45, 2.75) is 11.3 Å². The van der Waals surface area contributed by atoms with Gasteiger partial charge in [0.2, 0.25) is 0 Å².